The summed E-state index contributed by atoms with van der Waals surface area (Å²) in [5.74, 6) is 0. The Morgan fingerprint density at radius 3 is 2.17 bits per heavy atom. The molecule has 0 aliphatic rings. The van der Waals surface area contributed by atoms with Gasteiger partial charge in [0.05, 0.1) is 0 Å². The zero-order valence-corrected chi connectivity index (χ0v) is 8.32. The highest BCUT2D eigenvalue weighted by Crippen LogP contribution is 1.92. The van der Waals surface area contributed by atoms with E-state index in [2.05, 4.69) is 16.9 Å². The van der Waals surface area contributed by atoms with E-state index in [1.165, 1.54) is 12.8 Å². The molecule has 0 aromatic heterocycles. The average molecular weight is 169 g/mol. The van der Waals surface area contributed by atoms with Crippen LogP contribution in [0.5, 0.6) is 0 Å². The molecular formula is C9H19N3. The summed E-state index contributed by atoms with van der Waals surface area (Å²) < 4.78 is 0. The van der Waals surface area contributed by atoms with Crippen molar-refractivity contribution in [2.75, 3.05) is 6.54 Å². The van der Waals surface area contributed by atoms with Crippen LogP contribution in [0.2, 0.25) is 0 Å². The third kappa shape index (κ3) is 23.0. The second-order valence-corrected chi connectivity index (χ2v) is 2.33. The van der Waals surface area contributed by atoms with Crippen LogP contribution in [0.4, 0.5) is 0 Å². The van der Waals surface area contributed by atoms with Gasteiger partial charge in [-0.1, -0.05) is 37.0 Å². The molecule has 0 aromatic carbocycles. The van der Waals surface area contributed by atoms with Gasteiger partial charge in [0.15, 0.2) is 0 Å². The molecule has 0 spiro atoms. The first-order valence-corrected chi connectivity index (χ1v) is 4.41. The van der Waals surface area contributed by atoms with Crippen molar-refractivity contribution < 1.29 is 0 Å². The standard InChI is InChI=1S/C5H11N3.C4H8/c1-2-3-4-5-7-8-6;1-3-4-2/h2-5H2,1H3;3-4H,1-2H3. The molecule has 0 aliphatic carbocycles. The molecule has 0 atom stereocenters. The molecule has 0 N–H and O–H groups in total. The number of azide groups is 1. The second-order valence-electron chi connectivity index (χ2n) is 2.33. The summed E-state index contributed by atoms with van der Waals surface area (Å²) in [7, 11) is 0. The first-order chi connectivity index (χ1) is 5.83. The predicted molar refractivity (Wildman–Crippen MR) is 54.0 cm³/mol. The highest BCUT2D eigenvalue weighted by atomic mass is 15.1. The maximum atomic E-state index is 7.82. The summed E-state index contributed by atoms with van der Waals surface area (Å²) in [6.45, 7) is 6.78. The molecule has 0 radical (unpaired) electrons. The summed E-state index contributed by atoms with van der Waals surface area (Å²) >= 11 is 0. The van der Waals surface area contributed by atoms with Gasteiger partial charge >= 0.3 is 0 Å². The van der Waals surface area contributed by atoms with Gasteiger partial charge in [0.25, 0.3) is 0 Å². The molecule has 0 amide bonds. The van der Waals surface area contributed by atoms with Gasteiger partial charge in [-0.05, 0) is 25.8 Å². The topological polar surface area (TPSA) is 48.8 Å². The summed E-state index contributed by atoms with van der Waals surface area (Å²) in [6.07, 6.45) is 7.38. The maximum Gasteiger partial charge on any atom is 0.0257 e. The lowest BCUT2D eigenvalue weighted by molar-refractivity contribution is 0.725. The Bertz CT molecular complexity index is 131. The first kappa shape index (κ1) is 13.6. The van der Waals surface area contributed by atoms with Crippen molar-refractivity contribution in [1.82, 2.24) is 0 Å². The monoisotopic (exact) mass is 169 g/mol. The largest absolute Gasteiger partial charge is 0.0940 e. The van der Waals surface area contributed by atoms with Crippen LogP contribution in [0.1, 0.15) is 40.0 Å². The number of unbranched alkanes of at least 4 members (excludes halogenated alkanes) is 2. The van der Waals surface area contributed by atoms with E-state index in [0.717, 1.165) is 6.42 Å². The van der Waals surface area contributed by atoms with Crippen LogP contribution in [0.3, 0.4) is 0 Å². The van der Waals surface area contributed by atoms with Crippen LogP contribution in [0, 0.1) is 0 Å². The number of hydrogen-bond acceptors (Lipinski definition) is 1. The molecule has 0 saturated carbocycles. The second kappa shape index (κ2) is 16.6. The van der Waals surface area contributed by atoms with Gasteiger partial charge in [-0.15, -0.1) is 0 Å². The van der Waals surface area contributed by atoms with E-state index in [0.29, 0.717) is 6.54 Å². The molecule has 3 nitrogen and oxygen atoms in total. The van der Waals surface area contributed by atoms with Crippen molar-refractivity contribution in [3.63, 3.8) is 0 Å². The molecule has 0 aliphatic heterocycles. The van der Waals surface area contributed by atoms with Crippen LogP contribution in [-0.2, 0) is 0 Å². The number of nitrogens with zero attached hydrogens (tertiary/aromatic N) is 3. The lowest BCUT2D eigenvalue weighted by atomic mass is 10.3. The Morgan fingerprint density at radius 2 is 1.83 bits per heavy atom. The van der Waals surface area contributed by atoms with Crippen LogP contribution in [0.15, 0.2) is 17.3 Å². The van der Waals surface area contributed by atoms with Gasteiger partial charge in [0.1, 0.15) is 0 Å². The maximum absolute atomic E-state index is 7.82. The van der Waals surface area contributed by atoms with Crippen molar-refractivity contribution in [1.29, 1.82) is 0 Å². The SMILES string of the molecule is CC=CC.CCCCCN=[N+]=[N-]. The molecule has 70 valence electrons. The van der Waals surface area contributed by atoms with Crippen molar-refractivity contribution in [2.45, 2.75) is 40.0 Å². The van der Waals surface area contributed by atoms with E-state index in [9.17, 15) is 0 Å². The van der Waals surface area contributed by atoms with E-state index < -0.39 is 0 Å². The quantitative estimate of drug-likeness (QED) is 0.200. The molecule has 0 aromatic rings. The number of allylic oxidation sites excluding steroid dienone is 2. The molecule has 0 unspecified atom stereocenters. The fourth-order valence-electron chi connectivity index (χ4n) is 0.477. The minimum absolute atomic E-state index is 0.657. The summed E-state index contributed by atoms with van der Waals surface area (Å²) in [5, 5.41) is 3.39. The Balaban J connectivity index is 0. The average Bonchev–Trinajstić information content (AvgIpc) is 2.13. The van der Waals surface area contributed by atoms with E-state index in [1.54, 1.807) is 0 Å². The molecule has 0 rings (SSSR count). The van der Waals surface area contributed by atoms with Crippen LogP contribution < -0.4 is 0 Å². The third-order valence-corrected chi connectivity index (χ3v) is 1.26. The lowest BCUT2D eigenvalue weighted by Gasteiger charge is -1.86. The lowest BCUT2D eigenvalue weighted by Crippen LogP contribution is -1.76. The highest BCUT2D eigenvalue weighted by molar-refractivity contribution is 4.68. The van der Waals surface area contributed by atoms with Crippen LogP contribution >= 0.6 is 0 Å². The minimum atomic E-state index is 0.657. The van der Waals surface area contributed by atoms with Crippen molar-refractivity contribution in [3.8, 4) is 0 Å². The molecule has 0 saturated heterocycles. The zero-order chi connectivity index (χ0) is 9.66. The normalized spacial score (nSPS) is 8.58. The van der Waals surface area contributed by atoms with Gasteiger partial charge in [-0.2, -0.15) is 0 Å². The van der Waals surface area contributed by atoms with Crippen molar-refractivity contribution in [3.05, 3.63) is 22.6 Å². The zero-order valence-electron chi connectivity index (χ0n) is 8.32. The molecule has 0 heterocycles. The Labute approximate surface area is 75.1 Å². The van der Waals surface area contributed by atoms with E-state index in [4.69, 9.17) is 5.53 Å². The Hall–Kier alpha value is -0.950. The Kier molecular flexibility index (Phi) is 18.8. The molecule has 0 fully saturated rings. The number of hydrogen-bond donors (Lipinski definition) is 0. The number of rotatable bonds is 4. The third-order valence-electron chi connectivity index (χ3n) is 1.26. The van der Waals surface area contributed by atoms with Gasteiger partial charge in [-0.25, -0.2) is 0 Å². The van der Waals surface area contributed by atoms with E-state index in [1.807, 2.05) is 26.0 Å². The highest BCUT2D eigenvalue weighted by Gasteiger charge is 1.79. The molecule has 0 bridgehead atoms. The molecule has 3 heteroatoms. The van der Waals surface area contributed by atoms with Gasteiger partial charge in [0, 0.05) is 11.5 Å². The fraction of sp³-hybridized carbons (Fsp3) is 0.778. The Morgan fingerprint density at radius 1 is 1.25 bits per heavy atom. The van der Waals surface area contributed by atoms with Crippen molar-refractivity contribution >= 4 is 0 Å². The van der Waals surface area contributed by atoms with E-state index in [-0.39, 0.29) is 0 Å². The van der Waals surface area contributed by atoms with Crippen LogP contribution in [-0.4, -0.2) is 6.54 Å². The minimum Gasteiger partial charge on any atom is -0.0940 e. The molecule has 12 heavy (non-hydrogen) atoms. The van der Waals surface area contributed by atoms with Crippen LogP contribution in [0.25, 0.3) is 10.4 Å². The van der Waals surface area contributed by atoms with Crippen molar-refractivity contribution in [2.24, 2.45) is 5.11 Å². The summed E-state index contributed by atoms with van der Waals surface area (Å²) in [6, 6.07) is 0. The van der Waals surface area contributed by atoms with E-state index >= 15 is 0 Å². The smallest absolute Gasteiger partial charge is 0.0257 e. The summed E-state index contributed by atoms with van der Waals surface area (Å²) in [5.41, 5.74) is 7.82. The van der Waals surface area contributed by atoms with Gasteiger partial charge in [0.2, 0.25) is 0 Å². The fourth-order valence-corrected chi connectivity index (χ4v) is 0.477. The molecular weight excluding hydrogens is 150 g/mol. The van der Waals surface area contributed by atoms with Gasteiger partial charge in [-0.3, -0.25) is 0 Å². The van der Waals surface area contributed by atoms with Gasteiger partial charge < -0.3 is 0 Å². The first-order valence-electron chi connectivity index (χ1n) is 4.41. The predicted octanol–water partition coefficient (Wildman–Crippen LogP) is 4.07. The summed E-state index contributed by atoms with van der Waals surface area (Å²) in [4.78, 5) is 2.63.